The van der Waals surface area contributed by atoms with Crippen LogP contribution in [0, 0.1) is 0 Å². The molecule has 0 radical (unpaired) electrons. The lowest BCUT2D eigenvalue weighted by Crippen LogP contribution is -2.31. The molecule has 0 unspecified atom stereocenters. The summed E-state index contributed by atoms with van der Waals surface area (Å²) in [5, 5.41) is 14.6. The summed E-state index contributed by atoms with van der Waals surface area (Å²) in [7, 11) is 1.58. The van der Waals surface area contributed by atoms with Gasteiger partial charge in [-0.25, -0.2) is 0 Å². The smallest absolute Gasteiger partial charge is 0.243 e. The number of aromatic nitrogens is 4. The Kier molecular flexibility index (Phi) is 4.57. The van der Waals surface area contributed by atoms with Crippen molar-refractivity contribution < 1.29 is 9.53 Å². The summed E-state index contributed by atoms with van der Waals surface area (Å²) in [6, 6.07) is 9.48. The van der Waals surface area contributed by atoms with Crippen LogP contribution >= 0.6 is 0 Å². The highest BCUT2D eigenvalue weighted by Crippen LogP contribution is 2.11. The molecule has 19 heavy (non-hydrogen) atoms. The van der Waals surface area contributed by atoms with Crippen molar-refractivity contribution in [1.29, 1.82) is 0 Å². The first kappa shape index (κ1) is 13.2. The van der Waals surface area contributed by atoms with Gasteiger partial charge in [0.1, 0.15) is 6.54 Å². The molecule has 1 heterocycles. The molecule has 0 aliphatic rings. The number of hydrogen-bond donors (Lipinski definition) is 1. The zero-order valence-corrected chi connectivity index (χ0v) is 10.6. The maximum Gasteiger partial charge on any atom is 0.243 e. The maximum atomic E-state index is 11.5. The molecule has 0 saturated heterocycles. The molecule has 100 valence electrons. The molecule has 1 N–H and O–H groups in total. The van der Waals surface area contributed by atoms with Crippen LogP contribution in [0.15, 0.2) is 30.3 Å². The predicted molar refractivity (Wildman–Crippen MR) is 68.1 cm³/mol. The Hall–Kier alpha value is -2.28. The first-order valence-electron chi connectivity index (χ1n) is 5.88. The van der Waals surface area contributed by atoms with Crippen molar-refractivity contribution in [3.63, 3.8) is 0 Å². The van der Waals surface area contributed by atoms with Gasteiger partial charge >= 0.3 is 0 Å². The standard InChI is InChI=1S/C12H15N5O2/c1-19-8-7-13-11(18)9-17-15-12(14-16-17)10-5-3-2-4-6-10/h2-6H,7-9H2,1H3,(H,13,18). The number of carbonyl (C=O) groups excluding carboxylic acids is 1. The molecule has 0 atom stereocenters. The Bertz CT molecular complexity index is 526. The molecule has 2 aromatic rings. The Morgan fingerprint density at radius 1 is 1.37 bits per heavy atom. The van der Waals surface area contributed by atoms with Crippen molar-refractivity contribution in [2.45, 2.75) is 6.54 Å². The van der Waals surface area contributed by atoms with E-state index in [0.29, 0.717) is 19.0 Å². The summed E-state index contributed by atoms with van der Waals surface area (Å²) >= 11 is 0. The van der Waals surface area contributed by atoms with Crippen molar-refractivity contribution in [3.05, 3.63) is 30.3 Å². The van der Waals surface area contributed by atoms with Gasteiger partial charge in [-0.3, -0.25) is 4.79 Å². The van der Waals surface area contributed by atoms with Crippen LogP contribution in [-0.2, 0) is 16.1 Å². The van der Waals surface area contributed by atoms with Crippen molar-refractivity contribution in [2.75, 3.05) is 20.3 Å². The maximum absolute atomic E-state index is 11.5. The lowest BCUT2D eigenvalue weighted by atomic mass is 10.2. The third-order valence-corrected chi connectivity index (χ3v) is 2.40. The van der Waals surface area contributed by atoms with Gasteiger partial charge in [0.05, 0.1) is 6.61 Å². The van der Waals surface area contributed by atoms with E-state index in [4.69, 9.17) is 4.74 Å². The van der Waals surface area contributed by atoms with Crippen LogP contribution in [0.4, 0.5) is 0 Å². The highest BCUT2D eigenvalue weighted by atomic mass is 16.5. The Morgan fingerprint density at radius 2 is 2.16 bits per heavy atom. The van der Waals surface area contributed by atoms with Crippen molar-refractivity contribution in [3.8, 4) is 11.4 Å². The highest BCUT2D eigenvalue weighted by molar-refractivity contribution is 5.75. The summed E-state index contributed by atoms with van der Waals surface area (Å²) in [6.07, 6.45) is 0. The first-order chi connectivity index (χ1) is 9.29. The number of amides is 1. The monoisotopic (exact) mass is 261 g/mol. The number of methoxy groups -OCH3 is 1. The topological polar surface area (TPSA) is 81.9 Å². The number of ether oxygens (including phenoxy) is 1. The number of benzene rings is 1. The molecule has 0 aliphatic heterocycles. The van der Waals surface area contributed by atoms with Crippen molar-refractivity contribution >= 4 is 5.91 Å². The third kappa shape index (κ3) is 3.85. The first-order valence-corrected chi connectivity index (χ1v) is 5.88. The Labute approximate surface area is 110 Å². The average molecular weight is 261 g/mol. The van der Waals surface area contributed by atoms with Crippen LogP contribution in [-0.4, -0.2) is 46.4 Å². The summed E-state index contributed by atoms with van der Waals surface area (Å²) < 4.78 is 4.84. The number of rotatable bonds is 6. The fraction of sp³-hybridized carbons (Fsp3) is 0.333. The molecule has 0 bridgehead atoms. The van der Waals surface area contributed by atoms with Gasteiger partial charge in [0, 0.05) is 19.2 Å². The molecule has 0 aliphatic carbocycles. The van der Waals surface area contributed by atoms with E-state index in [2.05, 4.69) is 20.7 Å². The van der Waals surface area contributed by atoms with Gasteiger partial charge in [0.25, 0.3) is 0 Å². The highest BCUT2D eigenvalue weighted by Gasteiger charge is 2.08. The third-order valence-electron chi connectivity index (χ3n) is 2.40. The van der Waals surface area contributed by atoms with Crippen LogP contribution in [0.1, 0.15) is 0 Å². The quantitative estimate of drug-likeness (QED) is 0.746. The molecular formula is C12H15N5O2. The van der Waals surface area contributed by atoms with Gasteiger partial charge in [0.15, 0.2) is 0 Å². The van der Waals surface area contributed by atoms with E-state index < -0.39 is 0 Å². The summed E-state index contributed by atoms with van der Waals surface area (Å²) in [5.41, 5.74) is 0.869. The van der Waals surface area contributed by atoms with Crippen molar-refractivity contribution in [2.24, 2.45) is 0 Å². The van der Waals surface area contributed by atoms with Gasteiger partial charge in [-0.05, 0) is 5.21 Å². The molecule has 1 aromatic heterocycles. The molecule has 1 amide bonds. The van der Waals surface area contributed by atoms with Gasteiger partial charge in [-0.1, -0.05) is 30.3 Å². The van der Waals surface area contributed by atoms with Crippen LogP contribution in [0.2, 0.25) is 0 Å². The van der Waals surface area contributed by atoms with E-state index in [1.54, 1.807) is 7.11 Å². The number of nitrogens with zero attached hydrogens (tertiary/aromatic N) is 4. The van der Waals surface area contributed by atoms with Crippen LogP contribution in [0.3, 0.4) is 0 Å². The lowest BCUT2D eigenvalue weighted by Gasteiger charge is -2.02. The molecule has 0 spiro atoms. The van der Waals surface area contributed by atoms with E-state index in [-0.39, 0.29) is 12.5 Å². The van der Waals surface area contributed by atoms with Crippen LogP contribution in [0.5, 0.6) is 0 Å². The molecule has 1 aromatic carbocycles. The van der Waals surface area contributed by atoms with Crippen LogP contribution < -0.4 is 5.32 Å². The summed E-state index contributed by atoms with van der Waals surface area (Å²) in [5.74, 6) is 0.333. The number of tetrazole rings is 1. The minimum Gasteiger partial charge on any atom is -0.383 e. The molecule has 7 nitrogen and oxygen atoms in total. The van der Waals surface area contributed by atoms with Gasteiger partial charge in [-0.2, -0.15) is 4.80 Å². The number of carbonyl (C=O) groups is 1. The molecule has 0 fully saturated rings. The second-order valence-corrected chi connectivity index (χ2v) is 3.85. The van der Waals surface area contributed by atoms with E-state index in [9.17, 15) is 4.79 Å². The molecule has 0 saturated carbocycles. The second kappa shape index (κ2) is 6.60. The van der Waals surface area contributed by atoms with Crippen molar-refractivity contribution in [1.82, 2.24) is 25.5 Å². The Balaban J connectivity index is 1.93. The largest absolute Gasteiger partial charge is 0.383 e. The lowest BCUT2D eigenvalue weighted by molar-refractivity contribution is -0.122. The zero-order chi connectivity index (χ0) is 13.5. The van der Waals surface area contributed by atoms with Crippen LogP contribution in [0.25, 0.3) is 11.4 Å². The van der Waals surface area contributed by atoms with Gasteiger partial charge < -0.3 is 10.1 Å². The van der Waals surface area contributed by atoms with E-state index >= 15 is 0 Å². The van der Waals surface area contributed by atoms with E-state index in [1.807, 2.05) is 30.3 Å². The van der Waals surface area contributed by atoms with Gasteiger partial charge in [0.2, 0.25) is 11.7 Å². The van der Waals surface area contributed by atoms with E-state index in [1.165, 1.54) is 4.80 Å². The molecule has 7 heteroatoms. The summed E-state index contributed by atoms with van der Waals surface area (Å²) in [4.78, 5) is 12.8. The SMILES string of the molecule is COCCNC(=O)Cn1nnc(-c2ccccc2)n1. The summed E-state index contributed by atoms with van der Waals surface area (Å²) in [6.45, 7) is 0.991. The second-order valence-electron chi connectivity index (χ2n) is 3.85. The molecule has 2 rings (SSSR count). The number of nitrogens with one attached hydrogen (secondary N) is 1. The Morgan fingerprint density at radius 3 is 2.89 bits per heavy atom. The predicted octanol–water partition coefficient (Wildman–Crippen LogP) is 0.103. The average Bonchev–Trinajstić information content (AvgIpc) is 2.88. The minimum absolute atomic E-state index is 0.0452. The normalized spacial score (nSPS) is 10.4. The fourth-order valence-corrected chi connectivity index (χ4v) is 1.49. The van der Waals surface area contributed by atoms with Gasteiger partial charge in [-0.15, -0.1) is 10.2 Å². The number of hydrogen-bond acceptors (Lipinski definition) is 5. The fourth-order valence-electron chi connectivity index (χ4n) is 1.49. The molecular weight excluding hydrogens is 246 g/mol. The zero-order valence-electron chi connectivity index (χ0n) is 10.6. The van der Waals surface area contributed by atoms with E-state index in [0.717, 1.165) is 5.56 Å². The minimum atomic E-state index is -0.172.